The lowest BCUT2D eigenvalue weighted by atomic mass is 9.94. The molecule has 0 aromatic heterocycles. The summed E-state index contributed by atoms with van der Waals surface area (Å²) in [5.74, 6) is 0.429. The van der Waals surface area contributed by atoms with Crippen LogP contribution in [0.25, 0.3) is 0 Å². The Balaban J connectivity index is 1.54. The van der Waals surface area contributed by atoms with E-state index in [0.717, 1.165) is 51.1 Å². The number of carbonyl (C=O) groups excluding carboxylic acids is 2. The lowest BCUT2D eigenvalue weighted by molar-refractivity contribution is -0.140. The van der Waals surface area contributed by atoms with Gasteiger partial charge in [-0.3, -0.25) is 14.5 Å². The van der Waals surface area contributed by atoms with E-state index in [0.29, 0.717) is 19.0 Å². The van der Waals surface area contributed by atoms with Crippen LogP contribution in [0.4, 0.5) is 4.39 Å². The maximum absolute atomic E-state index is 13.2. The molecule has 1 saturated carbocycles. The van der Waals surface area contributed by atoms with Crippen molar-refractivity contribution in [2.24, 2.45) is 11.3 Å². The van der Waals surface area contributed by atoms with Crippen LogP contribution in [0.3, 0.4) is 0 Å². The van der Waals surface area contributed by atoms with Crippen LogP contribution in [-0.4, -0.2) is 65.8 Å². The van der Waals surface area contributed by atoms with Gasteiger partial charge < -0.3 is 9.80 Å². The third-order valence-electron chi connectivity index (χ3n) is 5.51. The normalized spacial score (nSPS) is 18.2. The minimum absolute atomic E-state index is 0.0966. The number of carbonyl (C=O) groups is 2. The molecule has 2 amide bonds. The largest absolute Gasteiger partial charge is 0.340 e. The molecule has 0 N–H and O–H groups in total. The van der Waals surface area contributed by atoms with Crippen molar-refractivity contribution < 1.29 is 14.0 Å². The number of piperazine rings is 1. The van der Waals surface area contributed by atoms with Gasteiger partial charge in [-0.2, -0.15) is 0 Å². The monoisotopic (exact) mass is 389 g/mol. The quantitative estimate of drug-likeness (QED) is 0.751. The van der Waals surface area contributed by atoms with Crippen molar-refractivity contribution in [3.8, 4) is 0 Å². The zero-order valence-electron chi connectivity index (χ0n) is 17.3. The second kappa shape index (κ2) is 8.60. The van der Waals surface area contributed by atoms with Gasteiger partial charge in [-0.15, -0.1) is 0 Å². The van der Waals surface area contributed by atoms with Crippen LogP contribution < -0.4 is 0 Å². The third kappa shape index (κ3) is 5.53. The van der Waals surface area contributed by atoms with E-state index in [2.05, 4.69) is 4.90 Å². The number of rotatable bonds is 6. The van der Waals surface area contributed by atoms with Crippen LogP contribution in [0.15, 0.2) is 24.3 Å². The summed E-state index contributed by atoms with van der Waals surface area (Å²) in [6, 6.07) is 6.34. The number of benzene rings is 1. The Labute approximate surface area is 167 Å². The molecule has 0 bridgehead atoms. The molecule has 28 heavy (non-hydrogen) atoms. The molecule has 0 radical (unpaired) electrons. The SMILES string of the molecule is CC(C)(C)C(=O)N(CCN1CCN(C(=O)C2CC2)CC1)Cc1ccc(F)cc1. The van der Waals surface area contributed by atoms with Crippen molar-refractivity contribution in [2.45, 2.75) is 40.2 Å². The second-order valence-electron chi connectivity index (χ2n) is 9.04. The van der Waals surface area contributed by atoms with Gasteiger partial charge in [0.05, 0.1) is 0 Å². The van der Waals surface area contributed by atoms with Gasteiger partial charge in [-0.05, 0) is 30.5 Å². The van der Waals surface area contributed by atoms with Gasteiger partial charge in [0.25, 0.3) is 0 Å². The van der Waals surface area contributed by atoms with E-state index < -0.39 is 5.41 Å². The number of nitrogens with zero attached hydrogens (tertiary/aromatic N) is 3. The van der Waals surface area contributed by atoms with E-state index in [1.54, 1.807) is 12.1 Å². The fourth-order valence-corrected chi connectivity index (χ4v) is 3.58. The van der Waals surface area contributed by atoms with Crippen molar-refractivity contribution in [1.82, 2.24) is 14.7 Å². The molecule has 1 saturated heterocycles. The smallest absolute Gasteiger partial charge is 0.228 e. The van der Waals surface area contributed by atoms with E-state index in [9.17, 15) is 14.0 Å². The zero-order chi connectivity index (χ0) is 20.3. The Morgan fingerprint density at radius 2 is 1.68 bits per heavy atom. The fourth-order valence-electron chi connectivity index (χ4n) is 3.58. The van der Waals surface area contributed by atoms with E-state index in [-0.39, 0.29) is 17.6 Å². The Bertz CT molecular complexity index is 687. The molecule has 1 aliphatic heterocycles. The molecule has 1 aromatic rings. The summed E-state index contributed by atoms with van der Waals surface area (Å²) in [6.45, 7) is 10.9. The number of hydrogen-bond donors (Lipinski definition) is 0. The van der Waals surface area contributed by atoms with Crippen molar-refractivity contribution in [3.05, 3.63) is 35.6 Å². The third-order valence-corrected chi connectivity index (χ3v) is 5.51. The van der Waals surface area contributed by atoms with Crippen LogP contribution in [0, 0.1) is 17.2 Å². The second-order valence-corrected chi connectivity index (χ2v) is 9.04. The van der Waals surface area contributed by atoms with Crippen LogP contribution in [0.2, 0.25) is 0 Å². The zero-order valence-corrected chi connectivity index (χ0v) is 17.3. The Morgan fingerprint density at radius 3 is 2.21 bits per heavy atom. The van der Waals surface area contributed by atoms with Gasteiger partial charge in [-0.25, -0.2) is 4.39 Å². The minimum atomic E-state index is -0.463. The molecular formula is C22H32FN3O2. The molecule has 1 aliphatic carbocycles. The molecule has 3 rings (SSSR count). The lowest BCUT2D eigenvalue weighted by Crippen LogP contribution is -2.51. The Hall–Kier alpha value is -1.95. The van der Waals surface area contributed by atoms with E-state index in [1.165, 1.54) is 12.1 Å². The van der Waals surface area contributed by atoms with Crippen molar-refractivity contribution in [1.29, 1.82) is 0 Å². The Morgan fingerprint density at radius 1 is 1.07 bits per heavy atom. The highest BCUT2D eigenvalue weighted by Crippen LogP contribution is 2.31. The molecular weight excluding hydrogens is 357 g/mol. The van der Waals surface area contributed by atoms with Crippen molar-refractivity contribution in [2.75, 3.05) is 39.3 Å². The average molecular weight is 390 g/mol. The maximum atomic E-state index is 13.2. The lowest BCUT2D eigenvalue weighted by Gasteiger charge is -2.37. The Kier molecular flexibility index (Phi) is 6.38. The first kappa shape index (κ1) is 20.8. The summed E-state index contributed by atoms with van der Waals surface area (Å²) < 4.78 is 13.2. The molecule has 2 aliphatic rings. The highest BCUT2D eigenvalue weighted by atomic mass is 19.1. The molecule has 2 fully saturated rings. The van der Waals surface area contributed by atoms with Crippen molar-refractivity contribution in [3.63, 3.8) is 0 Å². The average Bonchev–Trinajstić information content (AvgIpc) is 3.50. The summed E-state index contributed by atoms with van der Waals surface area (Å²) in [5.41, 5.74) is 0.467. The molecule has 0 unspecified atom stereocenters. The highest BCUT2D eigenvalue weighted by Gasteiger charge is 2.34. The van der Waals surface area contributed by atoms with Crippen LogP contribution in [0.5, 0.6) is 0 Å². The summed E-state index contributed by atoms with van der Waals surface area (Å²) in [5, 5.41) is 0. The first-order valence-corrected chi connectivity index (χ1v) is 10.3. The maximum Gasteiger partial charge on any atom is 0.228 e. The first-order chi connectivity index (χ1) is 13.2. The molecule has 1 heterocycles. The van der Waals surface area contributed by atoms with Crippen LogP contribution in [-0.2, 0) is 16.1 Å². The van der Waals surface area contributed by atoms with Crippen molar-refractivity contribution >= 4 is 11.8 Å². The first-order valence-electron chi connectivity index (χ1n) is 10.3. The van der Waals surface area contributed by atoms with Gasteiger partial charge in [0, 0.05) is 57.1 Å². The molecule has 1 aromatic carbocycles. The predicted molar refractivity (Wildman–Crippen MR) is 107 cm³/mol. The van der Waals surface area contributed by atoms with E-state index in [1.807, 2.05) is 30.6 Å². The van der Waals surface area contributed by atoms with Crippen LogP contribution in [0.1, 0.15) is 39.2 Å². The topological polar surface area (TPSA) is 43.9 Å². The van der Waals surface area contributed by atoms with E-state index >= 15 is 0 Å². The van der Waals surface area contributed by atoms with Gasteiger partial charge in [0.1, 0.15) is 5.82 Å². The van der Waals surface area contributed by atoms with E-state index in [4.69, 9.17) is 0 Å². The molecule has 0 atom stereocenters. The minimum Gasteiger partial charge on any atom is -0.340 e. The van der Waals surface area contributed by atoms with Crippen LogP contribution >= 0.6 is 0 Å². The molecule has 6 heteroatoms. The highest BCUT2D eigenvalue weighted by molar-refractivity contribution is 5.81. The predicted octanol–water partition coefficient (Wildman–Crippen LogP) is 2.75. The van der Waals surface area contributed by atoms with Gasteiger partial charge in [0.2, 0.25) is 11.8 Å². The molecule has 5 nitrogen and oxygen atoms in total. The number of hydrogen-bond acceptors (Lipinski definition) is 3. The summed E-state index contributed by atoms with van der Waals surface area (Å²) >= 11 is 0. The molecule has 0 spiro atoms. The summed E-state index contributed by atoms with van der Waals surface area (Å²) in [7, 11) is 0. The fraction of sp³-hybridized carbons (Fsp3) is 0.636. The van der Waals surface area contributed by atoms with Gasteiger partial charge in [-0.1, -0.05) is 32.9 Å². The van der Waals surface area contributed by atoms with Gasteiger partial charge >= 0.3 is 0 Å². The summed E-state index contributed by atoms with van der Waals surface area (Å²) in [4.78, 5) is 31.3. The number of halogens is 1. The van der Waals surface area contributed by atoms with Gasteiger partial charge in [0.15, 0.2) is 0 Å². The standard InChI is InChI=1S/C22H32FN3O2/c1-22(2,3)21(28)26(16-17-4-8-19(23)9-5-17)15-12-24-10-13-25(14-11-24)20(27)18-6-7-18/h4-5,8-9,18H,6-7,10-16H2,1-3H3. The number of amides is 2. The molecule has 154 valence electrons. The summed E-state index contributed by atoms with van der Waals surface area (Å²) in [6.07, 6.45) is 2.10.